The summed E-state index contributed by atoms with van der Waals surface area (Å²) < 4.78 is 27.8. The maximum absolute atomic E-state index is 13.9. The Bertz CT molecular complexity index is 1110. The van der Waals surface area contributed by atoms with Crippen LogP contribution in [0.4, 0.5) is 9.18 Å². The van der Waals surface area contributed by atoms with Crippen molar-refractivity contribution < 1.29 is 18.7 Å². The molecule has 0 saturated carbocycles. The molecule has 1 saturated heterocycles. The van der Waals surface area contributed by atoms with Crippen molar-refractivity contribution in [3.8, 4) is 17.3 Å². The molecule has 2 heterocycles. The molecule has 0 unspecified atom stereocenters. The summed E-state index contributed by atoms with van der Waals surface area (Å²) in [5, 5.41) is 7.83. The van der Waals surface area contributed by atoms with E-state index in [0.29, 0.717) is 37.7 Å². The van der Waals surface area contributed by atoms with Crippen molar-refractivity contribution in [3.05, 3.63) is 71.7 Å². The number of nitrogens with one attached hydrogen (secondary N) is 1. The highest BCUT2D eigenvalue weighted by Gasteiger charge is 2.27. The number of nitrogens with zero attached hydrogens (tertiary/aromatic N) is 3. The second-order valence-electron chi connectivity index (χ2n) is 8.64. The van der Waals surface area contributed by atoms with Crippen LogP contribution in [0.1, 0.15) is 44.4 Å². The average Bonchev–Trinajstić information content (AvgIpc) is 3.51. The van der Waals surface area contributed by atoms with Gasteiger partial charge < -0.3 is 19.7 Å². The zero-order valence-electron chi connectivity index (χ0n) is 20.4. The number of carbonyl (C=O) groups excluding carboxylic acids is 1. The molecule has 1 fully saturated rings. The lowest BCUT2D eigenvalue weighted by Crippen LogP contribution is -2.43. The Morgan fingerprint density at radius 2 is 2.06 bits per heavy atom. The zero-order valence-corrected chi connectivity index (χ0v) is 20.4. The summed E-state index contributed by atoms with van der Waals surface area (Å²) in [7, 11) is 0. The number of aromatic nitrogens is 2. The largest absolute Gasteiger partial charge is 0.438 e. The molecule has 1 aromatic heterocycles. The van der Waals surface area contributed by atoms with Gasteiger partial charge in [-0.3, -0.25) is 0 Å². The first-order valence-corrected chi connectivity index (χ1v) is 12.3. The van der Waals surface area contributed by atoms with Crippen molar-refractivity contribution in [3.63, 3.8) is 0 Å². The first-order valence-electron chi connectivity index (χ1n) is 12.3. The van der Waals surface area contributed by atoms with Crippen LogP contribution in [0.2, 0.25) is 0 Å². The van der Waals surface area contributed by atoms with Gasteiger partial charge in [-0.25, -0.2) is 13.9 Å². The molecule has 0 bridgehead atoms. The van der Waals surface area contributed by atoms with Crippen molar-refractivity contribution >= 4 is 6.03 Å². The van der Waals surface area contributed by atoms with Gasteiger partial charge in [0, 0.05) is 25.8 Å². The molecule has 1 aliphatic rings. The molecule has 2 aromatic carbocycles. The van der Waals surface area contributed by atoms with Crippen molar-refractivity contribution in [2.45, 2.75) is 52.2 Å². The van der Waals surface area contributed by atoms with Gasteiger partial charge in [-0.2, -0.15) is 5.10 Å². The molecule has 8 heteroatoms. The van der Waals surface area contributed by atoms with Crippen LogP contribution < -0.4 is 10.1 Å². The number of ether oxygens (including phenoxy) is 2. The quantitative estimate of drug-likeness (QED) is 0.418. The Kier molecular flexibility index (Phi) is 8.36. The van der Waals surface area contributed by atoms with E-state index in [1.807, 2.05) is 44.2 Å². The fraction of sp³-hybridized carbons (Fsp3) is 0.407. The summed E-state index contributed by atoms with van der Waals surface area (Å²) in [5.41, 5.74) is 2.44. The Labute approximate surface area is 205 Å². The highest BCUT2D eigenvalue weighted by atomic mass is 19.1. The Balaban J connectivity index is 1.74. The minimum Gasteiger partial charge on any atom is -0.438 e. The summed E-state index contributed by atoms with van der Waals surface area (Å²) >= 11 is 0. The Morgan fingerprint density at radius 1 is 1.23 bits per heavy atom. The smallest absolute Gasteiger partial charge is 0.317 e. The number of urea groups is 1. The van der Waals surface area contributed by atoms with Crippen LogP contribution in [0.3, 0.4) is 0 Å². The summed E-state index contributed by atoms with van der Waals surface area (Å²) in [6.45, 7) is 6.14. The second-order valence-corrected chi connectivity index (χ2v) is 8.64. The molecule has 7 nitrogen and oxygen atoms in total. The molecule has 186 valence electrons. The van der Waals surface area contributed by atoms with Gasteiger partial charge in [-0.05, 0) is 49.9 Å². The predicted molar refractivity (Wildman–Crippen MR) is 132 cm³/mol. The summed E-state index contributed by atoms with van der Waals surface area (Å²) in [6, 6.07) is 15.6. The number of para-hydroxylation sites is 1. The highest BCUT2D eigenvalue weighted by molar-refractivity contribution is 5.74. The number of amides is 2. The molecule has 1 atom stereocenters. The normalized spacial score (nSPS) is 15.2. The highest BCUT2D eigenvalue weighted by Crippen LogP contribution is 2.33. The number of aryl methyl sites for hydroxylation is 1. The summed E-state index contributed by atoms with van der Waals surface area (Å²) in [4.78, 5) is 14.9. The van der Waals surface area contributed by atoms with Gasteiger partial charge in [0.05, 0.1) is 29.6 Å². The van der Waals surface area contributed by atoms with Crippen LogP contribution in [0.25, 0.3) is 5.69 Å². The lowest BCUT2D eigenvalue weighted by atomic mass is 10.1. The van der Waals surface area contributed by atoms with Crippen molar-refractivity contribution in [1.82, 2.24) is 20.0 Å². The lowest BCUT2D eigenvalue weighted by molar-refractivity contribution is 0.0793. The van der Waals surface area contributed by atoms with Gasteiger partial charge >= 0.3 is 6.03 Å². The van der Waals surface area contributed by atoms with Gasteiger partial charge in [-0.1, -0.05) is 38.1 Å². The molecule has 2 amide bonds. The number of hydrogen-bond donors (Lipinski definition) is 1. The van der Waals surface area contributed by atoms with Gasteiger partial charge in [0.1, 0.15) is 11.6 Å². The summed E-state index contributed by atoms with van der Waals surface area (Å²) in [5.74, 6) is 0.455. The molecule has 35 heavy (non-hydrogen) atoms. The number of benzene rings is 2. The first kappa shape index (κ1) is 24.7. The topological polar surface area (TPSA) is 68.6 Å². The third kappa shape index (κ3) is 6.19. The fourth-order valence-corrected chi connectivity index (χ4v) is 4.20. The molecule has 0 radical (unpaired) electrons. The van der Waals surface area contributed by atoms with E-state index in [-0.39, 0.29) is 18.0 Å². The molecule has 4 rings (SSSR count). The van der Waals surface area contributed by atoms with Gasteiger partial charge in [0.15, 0.2) is 0 Å². The van der Waals surface area contributed by atoms with Crippen LogP contribution in [-0.2, 0) is 17.7 Å². The minimum absolute atomic E-state index is 0.00390. The van der Waals surface area contributed by atoms with Crippen molar-refractivity contribution in [2.24, 2.45) is 0 Å². The lowest BCUT2D eigenvalue weighted by Gasteiger charge is -2.26. The van der Waals surface area contributed by atoms with E-state index >= 15 is 0 Å². The van der Waals surface area contributed by atoms with Crippen molar-refractivity contribution in [2.75, 3.05) is 19.7 Å². The Morgan fingerprint density at radius 3 is 2.74 bits per heavy atom. The van der Waals surface area contributed by atoms with E-state index in [0.717, 1.165) is 42.8 Å². The molecule has 1 N–H and O–H groups in total. The fourth-order valence-electron chi connectivity index (χ4n) is 4.20. The second kappa shape index (κ2) is 11.8. The van der Waals surface area contributed by atoms with Gasteiger partial charge in [-0.15, -0.1) is 0 Å². The van der Waals surface area contributed by atoms with E-state index < -0.39 is 0 Å². The average molecular weight is 481 g/mol. The minimum atomic E-state index is -0.385. The molecule has 0 aliphatic carbocycles. The molecule has 0 spiro atoms. The van der Waals surface area contributed by atoms with Crippen molar-refractivity contribution in [1.29, 1.82) is 0 Å². The van der Waals surface area contributed by atoms with Gasteiger partial charge in [0.2, 0.25) is 5.88 Å². The number of halogens is 1. The van der Waals surface area contributed by atoms with E-state index in [1.54, 1.807) is 21.7 Å². The SMILES string of the molecule is CCCNC(=O)N(Cc1c(CC)nn(-c2ccccc2)c1Oc1cccc(F)c1)C[C@H]1CCCO1. The number of rotatable bonds is 10. The number of carbonyl (C=O) groups is 1. The first-order chi connectivity index (χ1) is 17.1. The third-order valence-corrected chi connectivity index (χ3v) is 5.98. The Hall–Kier alpha value is -3.39. The van der Waals surface area contributed by atoms with E-state index in [2.05, 4.69) is 5.32 Å². The van der Waals surface area contributed by atoms with Crippen LogP contribution in [-0.4, -0.2) is 46.5 Å². The predicted octanol–water partition coefficient (Wildman–Crippen LogP) is 5.47. The third-order valence-electron chi connectivity index (χ3n) is 5.98. The molecule has 3 aromatic rings. The molecule has 1 aliphatic heterocycles. The number of hydrogen-bond acceptors (Lipinski definition) is 4. The maximum atomic E-state index is 13.9. The van der Waals surface area contributed by atoms with E-state index in [4.69, 9.17) is 14.6 Å². The van der Waals surface area contributed by atoms with Crippen LogP contribution in [0.15, 0.2) is 54.6 Å². The van der Waals surface area contributed by atoms with Crippen LogP contribution in [0, 0.1) is 5.82 Å². The summed E-state index contributed by atoms with van der Waals surface area (Å²) in [6.07, 6.45) is 3.42. The van der Waals surface area contributed by atoms with Crippen LogP contribution >= 0.6 is 0 Å². The van der Waals surface area contributed by atoms with E-state index in [1.165, 1.54) is 12.1 Å². The van der Waals surface area contributed by atoms with Crippen LogP contribution in [0.5, 0.6) is 11.6 Å². The standard InChI is InChI=1S/C27H33FN4O3/c1-3-15-29-27(33)31(18-23-14-9-16-34-23)19-24-25(4-2)30-32(21-11-6-5-7-12-21)26(24)35-22-13-8-10-20(28)17-22/h5-8,10-13,17,23H,3-4,9,14-16,18-19H2,1-2H3,(H,29,33)/t23-/m1/s1. The zero-order chi connectivity index (χ0) is 24.6. The van der Waals surface area contributed by atoms with Gasteiger partial charge in [0.25, 0.3) is 0 Å². The maximum Gasteiger partial charge on any atom is 0.317 e. The monoisotopic (exact) mass is 480 g/mol. The molecular formula is C27H33FN4O3. The van der Waals surface area contributed by atoms with E-state index in [9.17, 15) is 9.18 Å². The molecular weight excluding hydrogens is 447 g/mol.